The molecule has 0 saturated carbocycles. The number of pyridine rings is 1. The minimum atomic E-state index is 0.0133. The molecule has 4 heteroatoms. The van der Waals surface area contributed by atoms with Gasteiger partial charge in [0.1, 0.15) is 0 Å². The molecule has 2 rings (SSSR count). The summed E-state index contributed by atoms with van der Waals surface area (Å²) in [6.07, 6.45) is 2.06. The smallest absolute Gasteiger partial charge is 0.228 e. The number of nitrogens with two attached hydrogens (primary N) is 1. The quantitative estimate of drug-likeness (QED) is 0.888. The number of nitrogens with zero attached hydrogens (tertiary/aromatic N) is 2. The van der Waals surface area contributed by atoms with Crippen molar-refractivity contribution in [3.63, 3.8) is 0 Å². The van der Waals surface area contributed by atoms with E-state index in [0.29, 0.717) is 19.5 Å². The van der Waals surface area contributed by atoms with Gasteiger partial charge >= 0.3 is 0 Å². The van der Waals surface area contributed by atoms with Crippen LogP contribution in [-0.4, -0.2) is 17.4 Å². The summed E-state index contributed by atoms with van der Waals surface area (Å²) in [5, 5.41) is 0. The average molecular weight is 255 g/mol. The van der Waals surface area contributed by atoms with Crippen LogP contribution in [0.3, 0.4) is 0 Å². The molecular weight excluding hydrogens is 238 g/mol. The number of aromatic nitrogens is 1. The zero-order valence-corrected chi connectivity index (χ0v) is 10.7. The van der Waals surface area contributed by atoms with E-state index in [0.717, 1.165) is 11.4 Å². The fourth-order valence-corrected chi connectivity index (χ4v) is 1.84. The fraction of sp³-hybridized carbons (Fsp3) is 0.200. The third-order valence-electron chi connectivity index (χ3n) is 2.77. The molecule has 1 amide bonds. The molecule has 0 fully saturated rings. The highest BCUT2D eigenvalue weighted by Crippen LogP contribution is 2.17. The number of carbonyl (C=O) groups excluding carboxylic acids is 1. The van der Waals surface area contributed by atoms with Gasteiger partial charge in [0, 0.05) is 24.8 Å². The van der Waals surface area contributed by atoms with Crippen LogP contribution in [-0.2, 0) is 11.3 Å². The van der Waals surface area contributed by atoms with Crippen LogP contribution in [0.5, 0.6) is 0 Å². The molecule has 0 aliphatic rings. The maximum Gasteiger partial charge on any atom is 0.228 e. The molecule has 2 N–H and O–H groups in total. The third-order valence-corrected chi connectivity index (χ3v) is 2.77. The lowest BCUT2D eigenvalue weighted by molar-refractivity contribution is -0.118. The van der Waals surface area contributed by atoms with Crippen LogP contribution in [0.2, 0.25) is 0 Å². The normalized spacial score (nSPS) is 10.2. The van der Waals surface area contributed by atoms with Gasteiger partial charge in [-0.15, -0.1) is 0 Å². The predicted molar refractivity (Wildman–Crippen MR) is 75.5 cm³/mol. The van der Waals surface area contributed by atoms with Gasteiger partial charge in [0.25, 0.3) is 0 Å². The first-order valence-electron chi connectivity index (χ1n) is 6.26. The van der Waals surface area contributed by atoms with Crippen molar-refractivity contribution in [2.24, 2.45) is 5.73 Å². The highest BCUT2D eigenvalue weighted by Gasteiger charge is 2.15. The van der Waals surface area contributed by atoms with Gasteiger partial charge in [0.15, 0.2) is 0 Å². The summed E-state index contributed by atoms with van der Waals surface area (Å²) < 4.78 is 0. The first-order chi connectivity index (χ1) is 9.31. The van der Waals surface area contributed by atoms with Crippen LogP contribution in [0.25, 0.3) is 0 Å². The van der Waals surface area contributed by atoms with Gasteiger partial charge in [0.2, 0.25) is 5.91 Å². The largest absolute Gasteiger partial charge is 0.330 e. The summed E-state index contributed by atoms with van der Waals surface area (Å²) in [6.45, 7) is 0.814. The van der Waals surface area contributed by atoms with Crippen LogP contribution in [0, 0.1) is 0 Å². The monoisotopic (exact) mass is 255 g/mol. The Balaban J connectivity index is 2.22. The van der Waals surface area contributed by atoms with Crippen molar-refractivity contribution in [3.8, 4) is 0 Å². The Hall–Kier alpha value is -2.20. The number of para-hydroxylation sites is 1. The molecule has 0 aliphatic heterocycles. The second-order valence-corrected chi connectivity index (χ2v) is 4.18. The molecule has 0 spiro atoms. The van der Waals surface area contributed by atoms with E-state index in [1.165, 1.54) is 0 Å². The van der Waals surface area contributed by atoms with Crippen molar-refractivity contribution in [1.82, 2.24) is 4.98 Å². The zero-order chi connectivity index (χ0) is 13.5. The van der Waals surface area contributed by atoms with Crippen LogP contribution in [0.4, 0.5) is 5.69 Å². The van der Waals surface area contributed by atoms with Crippen molar-refractivity contribution in [2.45, 2.75) is 13.0 Å². The molecule has 0 atom stereocenters. The molecule has 4 nitrogen and oxygen atoms in total. The summed E-state index contributed by atoms with van der Waals surface area (Å²) in [7, 11) is 0. The van der Waals surface area contributed by atoms with Gasteiger partial charge in [-0.25, -0.2) is 0 Å². The lowest BCUT2D eigenvalue weighted by atomic mass is 10.2. The lowest BCUT2D eigenvalue weighted by Crippen LogP contribution is -2.32. The second-order valence-electron chi connectivity index (χ2n) is 4.18. The minimum absolute atomic E-state index is 0.0133. The van der Waals surface area contributed by atoms with E-state index in [1.807, 2.05) is 48.5 Å². The molecule has 0 bridgehead atoms. The van der Waals surface area contributed by atoms with Crippen molar-refractivity contribution in [3.05, 3.63) is 60.4 Å². The van der Waals surface area contributed by atoms with Gasteiger partial charge in [0.05, 0.1) is 12.2 Å². The van der Waals surface area contributed by atoms with Crippen molar-refractivity contribution < 1.29 is 4.79 Å². The molecule has 0 saturated heterocycles. The maximum atomic E-state index is 12.2. The zero-order valence-electron chi connectivity index (χ0n) is 10.7. The molecule has 0 aliphatic carbocycles. The van der Waals surface area contributed by atoms with Crippen molar-refractivity contribution >= 4 is 11.6 Å². The number of benzene rings is 1. The Kier molecular flexibility index (Phi) is 4.64. The fourth-order valence-electron chi connectivity index (χ4n) is 1.84. The van der Waals surface area contributed by atoms with E-state index in [2.05, 4.69) is 4.98 Å². The topological polar surface area (TPSA) is 59.2 Å². The first kappa shape index (κ1) is 13.2. The summed E-state index contributed by atoms with van der Waals surface area (Å²) in [5.41, 5.74) is 7.20. The summed E-state index contributed by atoms with van der Waals surface area (Å²) in [4.78, 5) is 18.1. The molecule has 2 aromatic rings. The molecule has 1 aromatic heterocycles. The van der Waals surface area contributed by atoms with E-state index in [-0.39, 0.29) is 5.91 Å². The Bertz CT molecular complexity index is 513. The number of amides is 1. The van der Waals surface area contributed by atoms with Crippen LogP contribution >= 0.6 is 0 Å². The molecule has 19 heavy (non-hydrogen) atoms. The number of anilines is 1. The molecule has 98 valence electrons. The van der Waals surface area contributed by atoms with Crippen LogP contribution in [0.1, 0.15) is 12.1 Å². The highest BCUT2D eigenvalue weighted by atomic mass is 16.2. The summed E-state index contributed by atoms with van der Waals surface area (Å²) in [6, 6.07) is 15.3. The van der Waals surface area contributed by atoms with Gasteiger partial charge in [-0.2, -0.15) is 0 Å². The van der Waals surface area contributed by atoms with Crippen molar-refractivity contribution in [1.29, 1.82) is 0 Å². The second kappa shape index (κ2) is 6.66. The highest BCUT2D eigenvalue weighted by molar-refractivity contribution is 5.93. The van der Waals surface area contributed by atoms with E-state index < -0.39 is 0 Å². The Morgan fingerprint density at radius 2 is 1.84 bits per heavy atom. The van der Waals surface area contributed by atoms with Gasteiger partial charge in [-0.05, 0) is 24.3 Å². The Labute approximate surface area is 112 Å². The first-order valence-corrected chi connectivity index (χ1v) is 6.26. The number of carbonyl (C=O) groups is 1. The maximum absolute atomic E-state index is 12.2. The molecule has 1 heterocycles. The Morgan fingerprint density at radius 1 is 1.11 bits per heavy atom. The molecule has 0 unspecified atom stereocenters. The lowest BCUT2D eigenvalue weighted by Gasteiger charge is -2.22. The number of hydrogen-bond donors (Lipinski definition) is 1. The standard InChI is InChI=1S/C15H17N3O/c16-10-9-15(19)18(14-7-2-1-3-8-14)12-13-6-4-5-11-17-13/h1-8,11H,9-10,12,16H2. The Morgan fingerprint density at radius 3 is 2.47 bits per heavy atom. The minimum Gasteiger partial charge on any atom is -0.330 e. The van der Waals surface area contributed by atoms with Gasteiger partial charge < -0.3 is 10.6 Å². The predicted octanol–water partition coefficient (Wildman–Crippen LogP) is 1.96. The molecule has 1 aromatic carbocycles. The average Bonchev–Trinajstić information content (AvgIpc) is 2.47. The summed E-state index contributed by atoms with van der Waals surface area (Å²) in [5.74, 6) is 0.0133. The number of hydrogen-bond acceptors (Lipinski definition) is 3. The van der Waals surface area contributed by atoms with Gasteiger partial charge in [-0.1, -0.05) is 24.3 Å². The van der Waals surface area contributed by atoms with Crippen LogP contribution < -0.4 is 10.6 Å². The van der Waals surface area contributed by atoms with Crippen molar-refractivity contribution in [2.75, 3.05) is 11.4 Å². The summed E-state index contributed by atoms with van der Waals surface area (Å²) >= 11 is 0. The molecular formula is C15H17N3O. The van der Waals surface area contributed by atoms with E-state index in [9.17, 15) is 4.79 Å². The SMILES string of the molecule is NCCC(=O)N(Cc1ccccn1)c1ccccc1. The third kappa shape index (κ3) is 3.63. The van der Waals surface area contributed by atoms with E-state index in [1.54, 1.807) is 11.1 Å². The molecule has 0 radical (unpaired) electrons. The van der Waals surface area contributed by atoms with E-state index in [4.69, 9.17) is 5.73 Å². The van der Waals surface area contributed by atoms with Crippen LogP contribution in [0.15, 0.2) is 54.7 Å². The van der Waals surface area contributed by atoms with Gasteiger partial charge in [-0.3, -0.25) is 9.78 Å². The van der Waals surface area contributed by atoms with E-state index >= 15 is 0 Å². The number of rotatable bonds is 5.